The van der Waals surface area contributed by atoms with E-state index in [4.69, 9.17) is 10.6 Å². The molecule has 6 nitrogen and oxygen atoms in total. The molecule has 0 aromatic carbocycles. The van der Waals surface area contributed by atoms with E-state index in [2.05, 4.69) is 10.1 Å². The van der Waals surface area contributed by atoms with Gasteiger partial charge < -0.3 is 4.74 Å². The summed E-state index contributed by atoms with van der Waals surface area (Å²) in [6.45, 7) is 4.77. The number of nitrogens with zero attached hydrogens (tertiary/aromatic N) is 3. The molecule has 18 heavy (non-hydrogen) atoms. The maximum atomic E-state index is 12.2. The normalized spacial score (nSPS) is 10.8. The minimum absolute atomic E-state index is 0.191. The smallest absolute Gasteiger partial charge is 0.385 e. The summed E-state index contributed by atoms with van der Waals surface area (Å²) in [5.74, 6) is 4.10. The molecule has 3 N–H and O–H groups in total. The molecule has 0 unspecified atom stereocenters. The number of alkyl halides is 3. The van der Waals surface area contributed by atoms with Crippen molar-refractivity contribution in [2.45, 2.75) is 26.4 Å². The van der Waals surface area contributed by atoms with Crippen LogP contribution in [-0.2, 0) is 10.9 Å². The number of aromatic nitrogens is 3. The Labute approximate surface area is 103 Å². The van der Waals surface area contributed by atoms with Gasteiger partial charge in [-0.1, -0.05) is 13.8 Å². The molecule has 0 aliphatic heterocycles. The van der Waals surface area contributed by atoms with Crippen LogP contribution in [-0.4, -0.2) is 35.4 Å². The molecule has 0 bridgehead atoms. The van der Waals surface area contributed by atoms with E-state index >= 15 is 0 Å². The number of nitrogens with two attached hydrogens (primary N) is 1. The van der Waals surface area contributed by atoms with Gasteiger partial charge in [-0.3, -0.25) is 10.1 Å². The summed E-state index contributed by atoms with van der Waals surface area (Å²) in [6.07, 6.45) is -3.97. The molecule has 0 spiro atoms. The van der Waals surface area contributed by atoms with E-state index in [0.717, 1.165) is 5.01 Å². The number of halogens is 3. The van der Waals surface area contributed by atoms with Crippen molar-refractivity contribution in [1.82, 2.24) is 15.2 Å². The quantitative estimate of drug-likeness (QED) is 0.482. The summed E-state index contributed by atoms with van der Waals surface area (Å²) >= 11 is 0. The van der Waals surface area contributed by atoms with Crippen LogP contribution < -0.4 is 10.9 Å². The lowest BCUT2D eigenvalue weighted by atomic mass is 10.4. The first-order valence-electron chi connectivity index (χ1n) is 5.46. The Morgan fingerprint density at radius 1 is 1.39 bits per heavy atom. The Bertz CT molecular complexity index is 328. The molecule has 9 heteroatoms. The Kier molecular flexibility index (Phi) is 7.29. The highest BCUT2D eigenvalue weighted by molar-refractivity contribution is 5.25. The van der Waals surface area contributed by atoms with Gasteiger partial charge in [0.1, 0.15) is 0 Å². The van der Waals surface area contributed by atoms with Gasteiger partial charge in [-0.15, -0.1) is 5.10 Å². The SMILES string of the molecule is CC.COCCCN(N)c1n[nH]c(C(F)(F)F)n1. The lowest BCUT2D eigenvalue weighted by Gasteiger charge is -2.13. The second-order valence-electron chi connectivity index (χ2n) is 3.02. The van der Waals surface area contributed by atoms with Gasteiger partial charge in [0.2, 0.25) is 5.82 Å². The summed E-state index contributed by atoms with van der Waals surface area (Å²) < 4.78 is 41.3. The van der Waals surface area contributed by atoms with Crippen molar-refractivity contribution in [3.8, 4) is 0 Å². The number of nitrogens with one attached hydrogen (secondary N) is 1. The van der Waals surface area contributed by atoms with Crippen molar-refractivity contribution in [1.29, 1.82) is 0 Å². The fourth-order valence-corrected chi connectivity index (χ4v) is 0.987. The molecule has 0 saturated heterocycles. The lowest BCUT2D eigenvalue weighted by Crippen LogP contribution is -2.33. The zero-order valence-corrected chi connectivity index (χ0v) is 10.6. The molecule has 0 radical (unpaired) electrons. The number of anilines is 1. The van der Waals surface area contributed by atoms with Gasteiger partial charge in [-0.2, -0.15) is 18.2 Å². The van der Waals surface area contributed by atoms with Crippen LogP contribution in [0.25, 0.3) is 0 Å². The zero-order valence-electron chi connectivity index (χ0n) is 10.6. The Balaban J connectivity index is 0.00000137. The zero-order chi connectivity index (χ0) is 14.2. The Morgan fingerprint density at radius 2 is 2.00 bits per heavy atom. The Hall–Kier alpha value is -1.35. The van der Waals surface area contributed by atoms with Crippen molar-refractivity contribution in [2.75, 3.05) is 25.3 Å². The van der Waals surface area contributed by atoms with Crippen molar-refractivity contribution in [3.05, 3.63) is 5.82 Å². The second kappa shape index (κ2) is 7.88. The molecule has 1 heterocycles. The highest BCUT2D eigenvalue weighted by atomic mass is 19.4. The van der Waals surface area contributed by atoms with Gasteiger partial charge in [0.15, 0.2) is 0 Å². The number of hydrazine groups is 1. The molecule has 0 amide bonds. The van der Waals surface area contributed by atoms with Gasteiger partial charge in [0, 0.05) is 20.3 Å². The van der Waals surface area contributed by atoms with Gasteiger partial charge in [0.25, 0.3) is 5.95 Å². The van der Waals surface area contributed by atoms with Crippen LogP contribution in [0, 0.1) is 0 Å². The van der Waals surface area contributed by atoms with E-state index in [-0.39, 0.29) is 5.95 Å². The third-order valence-corrected chi connectivity index (χ3v) is 1.75. The molecule has 1 rings (SSSR count). The number of hydrogen-bond donors (Lipinski definition) is 2. The number of ether oxygens (including phenoxy) is 1. The summed E-state index contributed by atoms with van der Waals surface area (Å²) in [5, 5.41) is 6.18. The molecular weight excluding hydrogens is 251 g/mol. The molecule has 0 aliphatic rings. The van der Waals surface area contributed by atoms with Crippen LogP contribution in [0.1, 0.15) is 26.1 Å². The fraction of sp³-hybridized carbons (Fsp3) is 0.778. The number of aromatic amines is 1. The van der Waals surface area contributed by atoms with E-state index in [0.29, 0.717) is 19.6 Å². The van der Waals surface area contributed by atoms with Crippen molar-refractivity contribution >= 4 is 5.95 Å². The molecule has 0 atom stereocenters. The number of hydrogen-bond acceptors (Lipinski definition) is 5. The minimum atomic E-state index is -4.54. The number of methoxy groups -OCH3 is 1. The van der Waals surface area contributed by atoms with Crippen LogP contribution in [0.15, 0.2) is 0 Å². The minimum Gasteiger partial charge on any atom is -0.385 e. The first-order chi connectivity index (χ1) is 8.45. The van der Waals surface area contributed by atoms with Gasteiger partial charge >= 0.3 is 6.18 Å². The van der Waals surface area contributed by atoms with Crippen molar-refractivity contribution in [3.63, 3.8) is 0 Å². The van der Waals surface area contributed by atoms with E-state index in [1.807, 2.05) is 13.8 Å². The fourth-order valence-electron chi connectivity index (χ4n) is 0.987. The maximum Gasteiger partial charge on any atom is 0.451 e. The summed E-state index contributed by atoms with van der Waals surface area (Å²) in [7, 11) is 1.52. The van der Waals surface area contributed by atoms with Gasteiger partial charge in [0.05, 0.1) is 0 Å². The number of H-pyrrole nitrogens is 1. The molecule has 0 fully saturated rings. The largest absolute Gasteiger partial charge is 0.451 e. The average Bonchev–Trinajstić information content (AvgIpc) is 2.81. The first kappa shape index (κ1) is 16.6. The topological polar surface area (TPSA) is 80.1 Å². The Morgan fingerprint density at radius 3 is 2.44 bits per heavy atom. The van der Waals surface area contributed by atoms with Crippen LogP contribution in [0.3, 0.4) is 0 Å². The van der Waals surface area contributed by atoms with E-state index in [1.165, 1.54) is 7.11 Å². The predicted molar refractivity (Wildman–Crippen MR) is 60.8 cm³/mol. The van der Waals surface area contributed by atoms with E-state index in [9.17, 15) is 13.2 Å². The molecule has 0 saturated carbocycles. The molecule has 0 aliphatic carbocycles. The van der Waals surface area contributed by atoms with Crippen molar-refractivity contribution in [2.24, 2.45) is 5.84 Å². The lowest BCUT2D eigenvalue weighted by molar-refractivity contribution is -0.144. The highest BCUT2D eigenvalue weighted by Crippen LogP contribution is 2.26. The summed E-state index contributed by atoms with van der Waals surface area (Å²) in [4.78, 5) is 3.23. The van der Waals surface area contributed by atoms with Gasteiger partial charge in [-0.05, 0) is 6.42 Å². The van der Waals surface area contributed by atoms with E-state index in [1.54, 1.807) is 5.10 Å². The predicted octanol–water partition coefficient (Wildman–Crippen LogP) is 1.57. The van der Waals surface area contributed by atoms with E-state index < -0.39 is 12.0 Å². The first-order valence-corrected chi connectivity index (χ1v) is 5.46. The van der Waals surface area contributed by atoms with Crippen molar-refractivity contribution < 1.29 is 17.9 Å². The standard InChI is InChI=1S/C7H12F3N5O.C2H6/c1-16-4-2-3-15(11)6-12-5(13-14-6)7(8,9)10;1-2/h2-4,11H2,1H3,(H,12,13,14);1-2H3. The van der Waals surface area contributed by atoms with Crippen LogP contribution in [0.4, 0.5) is 19.1 Å². The highest BCUT2D eigenvalue weighted by Gasteiger charge is 2.35. The van der Waals surface area contributed by atoms with Crippen LogP contribution >= 0.6 is 0 Å². The number of rotatable bonds is 5. The second-order valence-corrected chi connectivity index (χ2v) is 3.02. The summed E-state index contributed by atoms with van der Waals surface area (Å²) in [6, 6.07) is 0. The third kappa shape index (κ3) is 5.32. The molecule has 1 aromatic heterocycles. The molecular formula is C9H18F3N5O. The third-order valence-electron chi connectivity index (χ3n) is 1.75. The summed E-state index contributed by atoms with van der Waals surface area (Å²) in [5.41, 5.74) is 0. The molecule has 1 aromatic rings. The maximum absolute atomic E-state index is 12.2. The molecule has 106 valence electrons. The monoisotopic (exact) mass is 269 g/mol. The van der Waals surface area contributed by atoms with Crippen LogP contribution in [0.2, 0.25) is 0 Å². The van der Waals surface area contributed by atoms with Crippen LogP contribution in [0.5, 0.6) is 0 Å². The average molecular weight is 269 g/mol. The van der Waals surface area contributed by atoms with Gasteiger partial charge in [-0.25, -0.2) is 5.84 Å².